The highest BCUT2D eigenvalue weighted by atomic mass is 32.1. The van der Waals surface area contributed by atoms with Gasteiger partial charge in [0.05, 0.1) is 6.10 Å². The molecule has 96 valence electrons. The summed E-state index contributed by atoms with van der Waals surface area (Å²) >= 11 is 1.95. The van der Waals surface area contributed by atoms with Crippen LogP contribution in [0.15, 0.2) is 12.1 Å². The SMILES string of the molecule is CCNC(c1ccc(CC)s1)C1CCOC1C. The van der Waals surface area contributed by atoms with Gasteiger partial charge in [-0.1, -0.05) is 13.8 Å². The summed E-state index contributed by atoms with van der Waals surface area (Å²) in [6, 6.07) is 5.04. The van der Waals surface area contributed by atoms with Gasteiger partial charge in [0.2, 0.25) is 0 Å². The Morgan fingerprint density at radius 1 is 1.47 bits per heavy atom. The number of ether oxygens (including phenoxy) is 1. The van der Waals surface area contributed by atoms with E-state index in [4.69, 9.17) is 4.74 Å². The van der Waals surface area contributed by atoms with Crippen molar-refractivity contribution in [2.45, 2.75) is 45.8 Å². The third-order valence-electron chi connectivity index (χ3n) is 3.62. The van der Waals surface area contributed by atoms with Crippen LogP contribution >= 0.6 is 11.3 Å². The van der Waals surface area contributed by atoms with Crippen LogP contribution in [0.25, 0.3) is 0 Å². The zero-order valence-corrected chi connectivity index (χ0v) is 11.8. The van der Waals surface area contributed by atoms with Crippen LogP contribution in [0.1, 0.15) is 43.0 Å². The topological polar surface area (TPSA) is 21.3 Å². The van der Waals surface area contributed by atoms with Gasteiger partial charge >= 0.3 is 0 Å². The van der Waals surface area contributed by atoms with Crippen molar-refractivity contribution >= 4 is 11.3 Å². The molecule has 0 radical (unpaired) electrons. The normalized spacial score (nSPS) is 26.3. The molecule has 2 heterocycles. The van der Waals surface area contributed by atoms with Crippen LogP contribution in [-0.4, -0.2) is 19.3 Å². The summed E-state index contributed by atoms with van der Waals surface area (Å²) in [5, 5.41) is 3.64. The highest BCUT2D eigenvalue weighted by Gasteiger charge is 2.32. The lowest BCUT2D eigenvalue weighted by Gasteiger charge is -2.25. The summed E-state index contributed by atoms with van der Waals surface area (Å²) in [5.41, 5.74) is 0. The van der Waals surface area contributed by atoms with E-state index >= 15 is 0 Å². The summed E-state index contributed by atoms with van der Waals surface area (Å²) in [7, 11) is 0. The van der Waals surface area contributed by atoms with Crippen LogP contribution in [0.4, 0.5) is 0 Å². The molecule has 0 saturated carbocycles. The lowest BCUT2D eigenvalue weighted by atomic mass is 9.92. The number of aryl methyl sites for hydroxylation is 1. The molecule has 3 heteroatoms. The molecule has 0 aromatic carbocycles. The fourth-order valence-corrected chi connectivity index (χ4v) is 3.72. The highest BCUT2D eigenvalue weighted by Crippen LogP contribution is 2.36. The molecule has 0 spiro atoms. The predicted molar refractivity (Wildman–Crippen MR) is 73.6 cm³/mol. The van der Waals surface area contributed by atoms with Gasteiger partial charge in [-0.3, -0.25) is 0 Å². The molecule has 1 aromatic heterocycles. The van der Waals surface area contributed by atoms with E-state index in [0.29, 0.717) is 18.1 Å². The van der Waals surface area contributed by atoms with Crippen LogP contribution in [0, 0.1) is 5.92 Å². The van der Waals surface area contributed by atoms with Gasteiger partial charge in [-0.25, -0.2) is 0 Å². The number of hydrogen-bond acceptors (Lipinski definition) is 3. The van der Waals surface area contributed by atoms with E-state index in [9.17, 15) is 0 Å². The van der Waals surface area contributed by atoms with Gasteiger partial charge < -0.3 is 10.1 Å². The predicted octanol–water partition coefficient (Wildman–Crippen LogP) is 3.39. The number of hydrogen-bond donors (Lipinski definition) is 1. The van der Waals surface area contributed by atoms with Gasteiger partial charge in [0.25, 0.3) is 0 Å². The van der Waals surface area contributed by atoms with Crippen LogP contribution in [-0.2, 0) is 11.2 Å². The monoisotopic (exact) mass is 253 g/mol. The Bertz CT molecular complexity index is 350. The summed E-state index contributed by atoms with van der Waals surface area (Å²) in [5.74, 6) is 0.623. The maximum absolute atomic E-state index is 5.71. The average Bonchev–Trinajstić information content (AvgIpc) is 2.95. The lowest BCUT2D eigenvalue weighted by molar-refractivity contribution is 0.0959. The Labute approximate surface area is 108 Å². The molecule has 1 N–H and O–H groups in total. The van der Waals surface area contributed by atoms with E-state index in [1.54, 1.807) is 0 Å². The number of rotatable bonds is 5. The fourth-order valence-electron chi connectivity index (χ4n) is 2.62. The van der Waals surface area contributed by atoms with Gasteiger partial charge in [-0.05, 0) is 38.4 Å². The first kappa shape index (κ1) is 13.1. The standard InChI is InChI=1S/C14H23NOS/c1-4-11-6-7-13(17-11)14(15-5-2)12-8-9-16-10(12)3/h6-7,10,12,14-15H,4-5,8-9H2,1-3H3. The van der Waals surface area contributed by atoms with Crippen LogP contribution in [0.3, 0.4) is 0 Å². The van der Waals surface area contributed by atoms with Crippen molar-refractivity contribution in [1.29, 1.82) is 0 Å². The Morgan fingerprint density at radius 2 is 2.29 bits per heavy atom. The third-order valence-corrected chi connectivity index (χ3v) is 4.94. The van der Waals surface area contributed by atoms with Gasteiger partial charge in [0, 0.05) is 28.3 Å². The molecule has 1 saturated heterocycles. The number of nitrogens with one attached hydrogen (secondary N) is 1. The quantitative estimate of drug-likeness (QED) is 0.868. The van der Waals surface area contributed by atoms with Crippen molar-refractivity contribution in [3.8, 4) is 0 Å². The number of thiophene rings is 1. The maximum Gasteiger partial charge on any atom is 0.0594 e. The van der Waals surface area contributed by atoms with Gasteiger partial charge in [-0.15, -0.1) is 11.3 Å². The molecule has 0 aliphatic carbocycles. The Morgan fingerprint density at radius 3 is 2.82 bits per heavy atom. The molecule has 1 aromatic rings. The smallest absolute Gasteiger partial charge is 0.0594 e. The zero-order valence-electron chi connectivity index (χ0n) is 11.0. The Balaban J connectivity index is 2.15. The molecule has 3 unspecified atom stereocenters. The van der Waals surface area contributed by atoms with Crippen molar-refractivity contribution in [2.24, 2.45) is 5.92 Å². The van der Waals surface area contributed by atoms with Gasteiger partial charge in [0.1, 0.15) is 0 Å². The van der Waals surface area contributed by atoms with Gasteiger partial charge in [-0.2, -0.15) is 0 Å². The molecule has 1 aliphatic rings. The Hall–Kier alpha value is -0.380. The second kappa shape index (κ2) is 5.98. The molecule has 3 atom stereocenters. The Kier molecular flexibility index (Phi) is 4.60. The van der Waals surface area contributed by atoms with Crippen molar-refractivity contribution in [3.05, 3.63) is 21.9 Å². The molecule has 0 bridgehead atoms. The minimum atomic E-state index is 0.381. The van der Waals surface area contributed by atoms with E-state index in [2.05, 4.69) is 38.2 Å². The summed E-state index contributed by atoms with van der Waals surface area (Å²) < 4.78 is 5.71. The molecule has 1 aliphatic heterocycles. The molecule has 0 amide bonds. The summed E-state index contributed by atoms with van der Waals surface area (Å²) in [4.78, 5) is 2.96. The molecule has 2 nitrogen and oxygen atoms in total. The van der Waals surface area contributed by atoms with E-state index in [0.717, 1.165) is 19.6 Å². The van der Waals surface area contributed by atoms with Crippen molar-refractivity contribution < 1.29 is 4.74 Å². The van der Waals surface area contributed by atoms with E-state index < -0.39 is 0 Å². The van der Waals surface area contributed by atoms with Crippen LogP contribution < -0.4 is 5.32 Å². The molecular weight excluding hydrogens is 230 g/mol. The van der Waals surface area contributed by atoms with E-state index in [1.165, 1.54) is 16.2 Å². The first-order valence-electron chi connectivity index (χ1n) is 6.69. The minimum Gasteiger partial charge on any atom is -0.378 e. The average molecular weight is 253 g/mol. The fraction of sp³-hybridized carbons (Fsp3) is 0.714. The zero-order chi connectivity index (χ0) is 12.3. The summed E-state index contributed by atoms with van der Waals surface area (Å²) in [6.07, 6.45) is 2.70. The first-order chi connectivity index (χ1) is 8.26. The largest absolute Gasteiger partial charge is 0.378 e. The lowest BCUT2D eigenvalue weighted by Crippen LogP contribution is -2.31. The summed E-state index contributed by atoms with van der Waals surface area (Å²) in [6.45, 7) is 8.55. The van der Waals surface area contributed by atoms with Crippen molar-refractivity contribution in [3.63, 3.8) is 0 Å². The highest BCUT2D eigenvalue weighted by molar-refractivity contribution is 7.12. The second-order valence-electron chi connectivity index (χ2n) is 4.72. The second-order valence-corrected chi connectivity index (χ2v) is 5.92. The van der Waals surface area contributed by atoms with E-state index in [1.807, 2.05) is 11.3 Å². The first-order valence-corrected chi connectivity index (χ1v) is 7.51. The minimum absolute atomic E-state index is 0.381. The molecule has 17 heavy (non-hydrogen) atoms. The molecule has 1 fully saturated rings. The van der Waals surface area contributed by atoms with Crippen LogP contribution in [0.2, 0.25) is 0 Å². The van der Waals surface area contributed by atoms with E-state index in [-0.39, 0.29) is 0 Å². The van der Waals surface area contributed by atoms with Crippen molar-refractivity contribution in [2.75, 3.05) is 13.2 Å². The van der Waals surface area contributed by atoms with Crippen molar-refractivity contribution in [1.82, 2.24) is 5.32 Å². The maximum atomic E-state index is 5.71. The molecular formula is C14H23NOS. The molecule has 2 rings (SSSR count). The van der Waals surface area contributed by atoms with Crippen LogP contribution in [0.5, 0.6) is 0 Å². The van der Waals surface area contributed by atoms with Gasteiger partial charge in [0.15, 0.2) is 0 Å². The third kappa shape index (κ3) is 2.90.